The lowest BCUT2D eigenvalue weighted by Crippen LogP contribution is -2.42. The number of aliphatic hydroxyl groups excluding tert-OH is 1. The highest BCUT2D eigenvalue weighted by atomic mass is 35.5. The maximum absolute atomic E-state index is 9.50. The lowest BCUT2D eigenvalue weighted by molar-refractivity contribution is 0.187. The fraction of sp³-hybridized carbons (Fsp3) is 0.333. The highest BCUT2D eigenvalue weighted by Gasteiger charge is 2.19. The molecule has 26 heavy (non-hydrogen) atoms. The summed E-state index contributed by atoms with van der Waals surface area (Å²) in [5, 5.41) is 15.0. The van der Waals surface area contributed by atoms with Crippen molar-refractivity contribution in [2.75, 3.05) is 6.61 Å². The molecule has 0 spiro atoms. The van der Waals surface area contributed by atoms with Crippen LogP contribution >= 0.6 is 24.0 Å². The molecule has 0 amide bonds. The summed E-state index contributed by atoms with van der Waals surface area (Å²) in [6.45, 7) is 7.73. The van der Waals surface area contributed by atoms with Crippen LogP contribution in [0.25, 0.3) is 10.9 Å². The summed E-state index contributed by atoms with van der Waals surface area (Å²) < 4.78 is 2.32. The van der Waals surface area contributed by atoms with E-state index in [1.165, 1.54) is 22.2 Å². The van der Waals surface area contributed by atoms with Crippen LogP contribution in [0.5, 0.6) is 0 Å². The standard InChI is InChI=1S/C21H25ClN2O.ClH/c1-15-18(12-23-21(2,3)14-25)17-9-5-7-11-20(17)24(15)13-16-8-4-6-10-19(16)22;/h4-11,23,25H,12-14H2,1-3H3;1H. The topological polar surface area (TPSA) is 37.2 Å². The summed E-state index contributed by atoms with van der Waals surface area (Å²) in [6.07, 6.45) is 0. The first-order valence-electron chi connectivity index (χ1n) is 8.59. The third kappa shape index (κ3) is 4.24. The van der Waals surface area contributed by atoms with Gasteiger partial charge in [0.1, 0.15) is 0 Å². The predicted molar refractivity (Wildman–Crippen MR) is 112 cm³/mol. The van der Waals surface area contributed by atoms with Crippen LogP contribution in [0, 0.1) is 6.92 Å². The minimum atomic E-state index is -0.307. The normalized spacial score (nSPS) is 11.6. The Hall–Kier alpha value is -1.52. The van der Waals surface area contributed by atoms with Gasteiger partial charge in [-0.15, -0.1) is 12.4 Å². The molecule has 0 radical (unpaired) electrons. The van der Waals surface area contributed by atoms with E-state index in [-0.39, 0.29) is 24.6 Å². The van der Waals surface area contributed by atoms with E-state index in [1.54, 1.807) is 0 Å². The first kappa shape index (κ1) is 20.8. The van der Waals surface area contributed by atoms with Gasteiger partial charge in [0.05, 0.1) is 6.61 Å². The number of rotatable bonds is 6. The number of halogens is 2. The highest BCUT2D eigenvalue weighted by Crippen LogP contribution is 2.28. The maximum Gasteiger partial charge on any atom is 0.0607 e. The average Bonchev–Trinajstić information content (AvgIpc) is 2.87. The van der Waals surface area contributed by atoms with Crippen molar-refractivity contribution in [3.8, 4) is 0 Å². The third-order valence-corrected chi connectivity index (χ3v) is 5.16. The zero-order valence-electron chi connectivity index (χ0n) is 15.4. The second-order valence-electron chi connectivity index (χ2n) is 7.15. The number of aliphatic hydroxyl groups is 1. The van der Waals surface area contributed by atoms with E-state index in [0.29, 0.717) is 0 Å². The van der Waals surface area contributed by atoms with Crippen molar-refractivity contribution in [3.05, 3.63) is 70.4 Å². The minimum absolute atomic E-state index is 0. The van der Waals surface area contributed by atoms with Crippen molar-refractivity contribution in [1.82, 2.24) is 9.88 Å². The predicted octanol–water partition coefficient (Wildman–Crippen LogP) is 4.93. The molecule has 140 valence electrons. The largest absolute Gasteiger partial charge is 0.394 e. The van der Waals surface area contributed by atoms with E-state index in [1.807, 2.05) is 32.0 Å². The Balaban J connectivity index is 0.00000243. The molecule has 0 aliphatic heterocycles. The van der Waals surface area contributed by atoms with Crippen LogP contribution in [-0.4, -0.2) is 21.8 Å². The summed E-state index contributed by atoms with van der Waals surface area (Å²) in [6, 6.07) is 16.4. The van der Waals surface area contributed by atoms with E-state index in [0.717, 1.165) is 23.7 Å². The summed E-state index contributed by atoms with van der Waals surface area (Å²) in [7, 11) is 0. The average molecular weight is 393 g/mol. The summed E-state index contributed by atoms with van der Waals surface area (Å²) >= 11 is 6.37. The highest BCUT2D eigenvalue weighted by molar-refractivity contribution is 6.31. The van der Waals surface area contributed by atoms with E-state index in [4.69, 9.17) is 11.6 Å². The lowest BCUT2D eigenvalue weighted by atomic mass is 10.1. The van der Waals surface area contributed by atoms with Crippen LogP contribution in [0.3, 0.4) is 0 Å². The van der Waals surface area contributed by atoms with Crippen molar-refractivity contribution in [1.29, 1.82) is 0 Å². The molecule has 0 aliphatic carbocycles. The van der Waals surface area contributed by atoms with Crippen LogP contribution in [-0.2, 0) is 13.1 Å². The van der Waals surface area contributed by atoms with Crippen molar-refractivity contribution in [2.45, 2.75) is 39.4 Å². The molecule has 3 rings (SSSR count). The van der Waals surface area contributed by atoms with Crippen LogP contribution in [0.2, 0.25) is 5.02 Å². The van der Waals surface area contributed by atoms with Crippen LogP contribution in [0.1, 0.15) is 30.7 Å². The Morgan fingerprint density at radius 2 is 1.73 bits per heavy atom. The van der Waals surface area contributed by atoms with Gasteiger partial charge in [-0.05, 0) is 44.0 Å². The van der Waals surface area contributed by atoms with Crippen molar-refractivity contribution in [3.63, 3.8) is 0 Å². The Labute approximate surface area is 166 Å². The fourth-order valence-corrected chi connectivity index (χ4v) is 3.31. The van der Waals surface area contributed by atoms with Gasteiger partial charge >= 0.3 is 0 Å². The van der Waals surface area contributed by atoms with Gasteiger partial charge in [0.25, 0.3) is 0 Å². The monoisotopic (exact) mass is 392 g/mol. The van der Waals surface area contributed by atoms with Gasteiger partial charge in [0, 0.05) is 40.2 Å². The number of para-hydroxylation sites is 1. The summed E-state index contributed by atoms with van der Waals surface area (Å²) in [5.41, 5.74) is 4.51. The van der Waals surface area contributed by atoms with Gasteiger partial charge in [0.2, 0.25) is 0 Å². The summed E-state index contributed by atoms with van der Waals surface area (Å²) in [4.78, 5) is 0. The molecule has 3 nitrogen and oxygen atoms in total. The zero-order valence-corrected chi connectivity index (χ0v) is 17.0. The second kappa shape index (κ2) is 8.45. The molecule has 0 bridgehead atoms. The van der Waals surface area contributed by atoms with E-state index < -0.39 is 0 Å². The molecule has 0 unspecified atom stereocenters. The van der Waals surface area contributed by atoms with E-state index in [9.17, 15) is 5.11 Å². The Kier molecular flexibility index (Phi) is 6.75. The fourth-order valence-electron chi connectivity index (χ4n) is 3.11. The quantitative estimate of drug-likeness (QED) is 0.623. The molecule has 0 saturated carbocycles. The SMILES string of the molecule is Cc1c(CNC(C)(C)CO)c2ccccc2n1Cc1ccccc1Cl.Cl. The Morgan fingerprint density at radius 3 is 2.42 bits per heavy atom. The van der Waals surface area contributed by atoms with Gasteiger partial charge in [-0.2, -0.15) is 0 Å². The lowest BCUT2D eigenvalue weighted by Gasteiger charge is -2.23. The molecule has 3 aromatic rings. The van der Waals surface area contributed by atoms with E-state index >= 15 is 0 Å². The van der Waals surface area contributed by atoms with Crippen LogP contribution < -0.4 is 5.32 Å². The number of fused-ring (bicyclic) bond motifs is 1. The zero-order chi connectivity index (χ0) is 18.0. The number of hydrogen-bond acceptors (Lipinski definition) is 2. The molecule has 0 atom stereocenters. The van der Waals surface area contributed by atoms with Gasteiger partial charge in [-0.25, -0.2) is 0 Å². The maximum atomic E-state index is 9.50. The Morgan fingerprint density at radius 1 is 1.08 bits per heavy atom. The molecule has 2 aromatic carbocycles. The number of benzene rings is 2. The number of nitrogens with one attached hydrogen (secondary N) is 1. The van der Waals surface area contributed by atoms with Gasteiger partial charge < -0.3 is 15.0 Å². The number of aromatic nitrogens is 1. The second-order valence-corrected chi connectivity index (χ2v) is 7.56. The van der Waals surface area contributed by atoms with Crippen LogP contribution in [0.15, 0.2) is 48.5 Å². The van der Waals surface area contributed by atoms with Gasteiger partial charge in [0.15, 0.2) is 0 Å². The molecule has 0 fully saturated rings. The molecule has 1 aromatic heterocycles. The van der Waals surface area contributed by atoms with Gasteiger partial charge in [-0.3, -0.25) is 0 Å². The van der Waals surface area contributed by atoms with Gasteiger partial charge in [-0.1, -0.05) is 48.0 Å². The van der Waals surface area contributed by atoms with Crippen LogP contribution in [0.4, 0.5) is 0 Å². The number of hydrogen-bond donors (Lipinski definition) is 2. The molecule has 5 heteroatoms. The molecule has 0 saturated heterocycles. The molecule has 2 N–H and O–H groups in total. The molecular formula is C21H26Cl2N2O. The van der Waals surface area contributed by atoms with E-state index in [2.05, 4.69) is 47.1 Å². The first-order chi connectivity index (χ1) is 11.9. The Bertz CT molecular complexity index is 887. The summed E-state index contributed by atoms with van der Waals surface area (Å²) in [5.74, 6) is 0. The number of nitrogens with zero attached hydrogens (tertiary/aromatic N) is 1. The smallest absolute Gasteiger partial charge is 0.0607 e. The minimum Gasteiger partial charge on any atom is -0.394 e. The molecule has 1 heterocycles. The third-order valence-electron chi connectivity index (χ3n) is 4.79. The molecule has 0 aliphatic rings. The molecular weight excluding hydrogens is 367 g/mol. The van der Waals surface area contributed by atoms with Crippen molar-refractivity contribution in [2.24, 2.45) is 0 Å². The first-order valence-corrected chi connectivity index (χ1v) is 8.97. The van der Waals surface area contributed by atoms with Crippen molar-refractivity contribution >= 4 is 34.9 Å². The van der Waals surface area contributed by atoms with Crippen molar-refractivity contribution < 1.29 is 5.11 Å².